The molecule has 9 heteroatoms. The molecule has 0 spiro atoms. The Bertz CT molecular complexity index is 1100. The molecule has 0 saturated carbocycles. The quantitative estimate of drug-likeness (QED) is 0.548. The van der Waals surface area contributed by atoms with Crippen molar-refractivity contribution in [1.82, 2.24) is 15.6 Å². The van der Waals surface area contributed by atoms with Gasteiger partial charge in [0.05, 0.1) is 10.9 Å². The normalized spacial score (nSPS) is 12.2. The first-order chi connectivity index (χ1) is 14.8. The first-order valence-electron chi connectivity index (χ1n) is 10.2. The van der Waals surface area contributed by atoms with Crippen molar-refractivity contribution in [3.05, 3.63) is 57.6 Å². The van der Waals surface area contributed by atoms with Crippen LogP contribution in [0.2, 0.25) is 0 Å². The Hall–Kier alpha value is -2.91. The molecule has 32 heavy (non-hydrogen) atoms. The molecule has 0 fully saturated rings. The number of carbonyl (C=O) groups excluding carboxylic acids is 2. The number of carbonyl (C=O) groups is 2. The number of ether oxygens (including phenoxy) is 1. The fourth-order valence-electron chi connectivity index (χ4n) is 3.37. The highest BCUT2D eigenvalue weighted by molar-refractivity contribution is 7.89. The lowest BCUT2D eigenvalue weighted by atomic mass is 10.0. The molecule has 0 radical (unpaired) electrons. The highest BCUT2D eigenvalue weighted by Gasteiger charge is 2.26. The van der Waals surface area contributed by atoms with E-state index < -0.39 is 27.9 Å². The Morgan fingerprint density at radius 3 is 1.97 bits per heavy atom. The molecule has 0 aliphatic carbocycles. The van der Waals surface area contributed by atoms with Crippen molar-refractivity contribution in [2.45, 2.75) is 59.4 Å². The van der Waals surface area contributed by atoms with Gasteiger partial charge in [-0.1, -0.05) is 24.3 Å². The van der Waals surface area contributed by atoms with Crippen molar-refractivity contribution in [3.8, 4) is 5.75 Å². The maximum absolute atomic E-state index is 13.0. The van der Waals surface area contributed by atoms with Gasteiger partial charge in [-0.2, -0.15) is 4.72 Å². The van der Waals surface area contributed by atoms with E-state index in [-0.39, 0.29) is 11.5 Å². The van der Waals surface area contributed by atoms with Gasteiger partial charge in [-0.25, -0.2) is 8.42 Å². The number of sulfonamides is 1. The van der Waals surface area contributed by atoms with Crippen molar-refractivity contribution in [1.29, 1.82) is 0 Å². The zero-order chi connectivity index (χ0) is 24.2. The molecule has 0 unspecified atom stereocenters. The number of para-hydroxylation sites is 1. The third kappa shape index (κ3) is 5.86. The first kappa shape index (κ1) is 25.4. The fourth-order valence-corrected chi connectivity index (χ4v) is 5.19. The predicted octanol–water partition coefficient (Wildman–Crippen LogP) is 2.43. The van der Waals surface area contributed by atoms with E-state index in [0.717, 1.165) is 22.3 Å². The average molecular weight is 462 g/mol. The molecule has 0 heterocycles. The van der Waals surface area contributed by atoms with Gasteiger partial charge in [0, 0.05) is 0 Å². The molecule has 0 saturated heterocycles. The molecule has 0 aliphatic heterocycles. The van der Waals surface area contributed by atoms with Crippen LogP contribution in [-0.4, -0.2) is 32.9 Å². The summed E-state index contributed by atoms with van der Waals surface area (Å²) in [4.78, 5) is 24.6. The number of aryl methyl sites for hydroxylation is 4. The summed E-state index contributed by atoms with van der Waals surface area (Å²) in [5, 5.41) is 0. The van der Waals surface area contributed by atoms with Gasteiger partial charge in [0.2, 0.25) is 10.0 Å². The molecule has 1 atom stereocenters. The Balaban J connectivity index is 1.98. The van der Waals surface area contributed by atoms with Crippen molar-refractivity contribution in [2.24, 2.45) is 0 Å². The molecule has 2 rings (SSSR count). The Morgan fingerprint density at radius 1 is 0.906 bits per heavy atom. The van der Waals surface area contributed by atoms with Crippen LogP contribution in [0.1, 0.15) is 40.3 Å². The summed E-state index contributed by atoms with van der Waals surface area (Å²) in [6.45, 7) is 12.0. The third-order valence-corrected chi connectivity index (χ3v) is 7.19. The lowest BCUT2D eigenvalue weighted by Crippen LogP contribution is -2.52. The second kappa shape index (κ2) is 10.1. The molecule has 2 aromatic carbocycles. The molecule has 8 nitrogen and oxygen atoms in total. The van der Waals surface area contributed by atoms with Gasteiger partial charge in [0.15, 0.2) is 6.61 Å². The SMILES string of the molecule is Cc1cc(C)c(C)c(S(=O)(=O)N[C@@H](C)C(=O)NNC(=O)COc2c(C)cccc2C)c1C. The van der Waals surface area contributed by atoms with Gasteiger partial charge in [0.25, 0.3) is 11.8 Å². The lowest BCUT2D eigenvalue weighted by Gasteiger charge is -2.19. The molecular weight excluding hydrogens is 430 g/mol. The minimum Gasteiger partial charge on any atom is -0.483 e. The monoisotopic (exact) mass is 461 g/mol. The molecule has 2 amide bonds. The van der Waals surface area contributed by atoms with E-state index in [9.17, 15) is 18.0 Å². The van der Waals surface area contributed by atoms with Gasteiger partial charge < -0.3 is 4.74 Å². The van der Waals surface area contributed by atoms with Gasteiger partial charge in [-0.05, 0) is 81.8 Å². The number of hydrogen-bond acceptors (Lipinski definition) is 5. The molecule has 0 bridgehead atoms. The predicted molar refractivity (Wildman–Crippen MR) is 123 cm³/mol. The summed E-state index contributed by atoms with van der Waals surface area (Å²) in [5.74, 6) is -0.667. The largest absolute Gasteiger partial charge is 0.483 e. The van der Waals surface area contributed by atoms with Gasteiger partial charge in [-0.15, -0.1) is 0 Å². The van der Waals surface area contributed by atoms with E-state index >= 15 is 0 Å². The van der Waals surface area contributed by atoms with Gasteiger partial charge in [0.1, 0.15) is 5.75 Å². The highest BCUT2D eigenvalue weighted by atomic mass is 32.2. The fraction of sp³-hybridized carbons (Fsp3) is 0.391. The topological polar surface area (TPSA) is 114 Å². The maximum atomic E-state index is 13.0. The van der Waals surface area contributed by atoms with Crippen molar-refractivity contribution < 1.29 is 22.7 Å². The Labute approximate surface area is 189 Å². The van der Waals surface area contributed by atoms with E-state index in [2.05, 4.69) is 15.6 Å². The van der Waals surface area contributed by atoms with Crippen molar-refractivity contribution in [2.75, 3.05) is 6.61 Å². The van der Waals surface area contributed by atoms with Gasteiger partial charge in [-0.3, -0.25) is 20.4 Å². The van der Waals surface area contributed by atoms with E-state index in [1.165, 1.54) is 6.92 Å². The summed E-state index contributed by atoms with van der Waals surface area (Å²) in [5.41, 5.74) is 9.21. The van der Waals surface area contributed by atoms with E-state index in [1.807, 2.05) is 52.0 Å². The molecule has 3 N–H and O–H groups in total. The van der Waals surface area contributed by atoms with Crippen molar-refractivity contribution >= 4 is 21.8 Å². The zero-order valence-corrected chi connectivity index (χ0v) is 20.4. The minimum absolute atomic E-state index is 0.167. The third-order valence-electron chi connectivity index (χ3n) is 5.37. The Morgan fingerprint density at radius 2 is 1.44 bits per heavy atom. The van der Waals surface area contributed by atoms with Crippen LogP contribution < -0.4 is 20.3 Å². The molecule has 0 aromatic heterocycles. The molecular formula is C23H31N3O5S. The van der Waals surface area contributed by atoms with Crippen LogP contribution in [0.25, 0.3) is 0 Å². The van der Waals surface area contributed by atoms with E-state index in [1.54, 1.807) is 13.8 Å². The van der Waals surface area contributed by atoms with E-state index in [4.69, 9.17) is 4.74 Å². The van der Waals surface area contributed by atoms with Crippen LogP contribution >= 0.6 is 0 Å². The Kier molecular flexibility index (Phi) is 8.03. The lowest BCUT2D eigenvalue weighted by molar-refractivity contribution is -0.130. The second-order valence-corrected chi connectivity index (χ2v) is 9.63. The minimum atomic E-state index is -3.95. The zero-order valence-electron chi connectivity index (χ0n) is 19.5. The molecule has 0 aliphatic rings. The summed E-state index contributed by atoms with van der Waals surface area (Å²) >= 11 is 0. The number of rotatable bonds is 7. The van der Waals surface area contributed by atoms with Crippen molar-refractivity contribution in [3.63, 3.8) is 0 Å². The van der Waals surface area contributed by atoms with Gasteiger partial charge >= 0.3 is 0 Å². The van der Waals surface area contributed by atoms with Crippen LogP contribution in [0.15, 0.2) is 29.2 Å². The summed E-state index contributed by atoms with van der Waals surface area (Å²) < 4.78 is 33.8. The molecule has 174 valence electrons. The van der Waals surface area contributed by atoms with Crippen LogP contribution in [-0.2, 0) is 19.6 Å². The summed E-state index contributed by atoms with van der Waals surface area (Å²) in [7, 11) is -3.95. The van der Waals surface area contributed by atoms with Crippen LogP contribution in [0, 0.1) is 41.5 Å². The standard InChI is InChI=1S/C23H31N3O5S/c1-13-9-8-10-14(2)21(13)31-12-20(27)24-25-23(28)19(7)26-32(29,30)22-17(5)15(3)11-16(4)18(22)6/h8-11,19,26H,12H2,1-7H3,(H,24,27)(H,25,28)/t19-/m0/s1. The number of amides is 2. The number of hydrogen-bond donors (Lipinski definition) is 3. The maximum Gasteiger partial charge on any atom is 0.276 e. The molecule has 2 aromatic rings. The number of benzene rings is 2. The van der Waals surface area contributed by atoms with Crippen LogP contribution in [0.3, 0.4) is 0 Å². The van der Waals surface area contributed by atoms with E-state index in [0.29, 0.717) is 16.9 Å². The smallest absolute Gasteiger partial charge is 0.276 e. The number of nitrogens with one attached hydrogen (secondary N) is 3. The van der Waals surface area contributed by atoms with Crippen LogP contribution in [0.5, 0.6) is 5.75 Å². The average Bonchev–Trinajstić information content (AvgIpc) is 2.69. The number of hydrazine groups is 1. The summed E-state index contributed by atoms with van der Waals surface area (Å²) in [6, 6.07) is 6.45. The second-order valence-electron chi connectivity index (χ2n) is 7.98. The first-order valence-corrected chi connectivity index (χ1v) is 11.7. The highest BCUT2D eigenvalue weighted by Crippen LogP contribution is 2.26. The summed E-state index contributed by atoms with van der Waals surface area (Å²) in [6.07, 6.45) is 0. The van der Waals surface area contributed by atoms with Crippen LogP contribution in [0.4, 0.5) is 0 Å².